The minimum Gasteiger partial charge on any atom is -0.508 e. The average Bonchev–Trinajstić information content (AvgIpc) is 2.39. The highest BCUT2D eigenvalue weighted by Crippen LogP contribution is 2.27. The van der Waals surface area contributed by atoms with E-state index in [-0.39, 0.29) is 5.75 Å². The quantitative estimate of drug-likeness (QED) is 0.640. The first kappa shape index (κ1) is 13.5. The summed E-state index contributed by atoms with van der Waals surface area (Å²) in [6, 6.07) is 13.8. The summed E-state index contributed by atoms with van der Waals surface area (Å²) in [5.41, 5.74) is 1.87. The van der Waals surface area contributed by atoms with Gasteiger partial charge in [0.1, 0.15) is 5.75 Å². The average molecular weight is 290 g/mol. The number of halogens is 2. The predicted molar refractivity (Wildman–Crippen MR) is 78.1 cm³/mol. The molecule has 2 aromatic carbocycles. The summed E-state index contributed by atoms with van der Waals surface area (Å²) in [6.45, 7) is 0. The number of rotatable bonds is 2. The topological polar surface area (TPSA) is 44.0 Å². The van der Waals surface area contributed by atoms with Crippen molar-refractivity contribution in [1.29, 1.82) is 5.26 Å². The van der Waals surface area contributed by atoms with Crippen molar-refractivity contribution in [3.05, 3.63) is 63.6 Å². The molecule has 0 saturated heterocycles. The molecular formula is C15H9Cl2NO. The first-order valence-corrected chi connectivity index (χ1v) is 6.22. The normalized spacial score (nSPS) is 11.1. The lowest BCUT2D eigenvalue weighted by molar-refractivity contribution is 0.475. The van der Waals surface area contributed by atoms with E-state index < -0.39 is 0 Å². The van der Waals surface area contributed by atoms with Crippen molar-refractivity contribution in [1.82, 2.24) is 0 Å². The summed E-state index contributed by atoms with van der Waals surface area (Å²) in [6.07, 6.45) is 1.68. The Morgan fingerprint density at radius 2 is 1.89 bits per heavy atom. The SMILES string of the molecule is N#C/C(=C/c1cccc(O)c1)c1ccc(Cl)c(Cl)c1. The van der Waals surface area contributed by atoms with Crippen molar-refractivity contribution in [3.8, 4) is 11.8 Å². The van der Waals surface area contributed by atoms with Crippen molar-refractivity contribution in [3.63, 3.8) is 0 Å². The van der Waals surface area contributed by atoms with Crippen molar-refractivity contribution in [2.45, 2.75) is 0 Å². The number of benzene rings is 2. The minimum atomic E-state index is 0.153. The second-order valence-electron chi connectivity index (χ2n) is 3.89. The molecule has 0 atom stereocenters. The summed E-state index contributed by atoms with van der Waals surface area (Å²) >= 11 is 11.8. The van der Waals surface area contributed by atoms with E-state index in [0.717, 1.165) is 5.56 Å². The Hall–Kier alpha value is -1.95. The van der Waals surface area contributed by atoms with Crippen LogP contribution < -0.4 is 0 Å². The van der Waals surface area contributed by atoms with E-state index >= 15 is 0 Å². The van der Waals surface area contributed by atoms with Gasteiger partial charge in [-0.1, -0.05) is 41.4 Å². The molecule has 0 spiro atoms. The number of hydrogen-bond acceptors (Lipinski definition) is 2. The molecule has 0 aliphatic rings. The van der Waals surface area contributed by atoms with Gasteiger partial charge in [0, 0.05) is 0 Å². The maximum absolute atomic E-state index is 9.40. The largest absolute Gasteiger partial charge is 0.508 e. The monoisotopic (exact) mass is 289 g/mol. The number of hydrogen-bond donors (Lipinski definition) is 1. The molecule has 2 rings (SSSR count). The molecule has 0 radical (unpaired) electrons. The molecule has 0 unspecified atom stereocenters. The standard InChI is InChI=1S/C15H9Cl2NO/c16-14-5-4-11(8-15(14)17)12(9-18)6-10-2-1-3-13(19)7-10/h1-8,19H/b12-6-. The summed E-state index contributed by atoms with van der Waals surface area (Å²) in [7, 11) is 0. The molecule has 0 heterocycles. The highest BCUT2D eigenvalue weighted by Gasteiger charge is 2.05. The molecule has 0 aliphatic carbocycles. The Morgan fingerprint density at radius 3 is 2.53 bits per heavy atom. The molecule has 2 aromatic rings. The molecule has 1 N–H and O–H groups in total. The van der Waals surface area contributed by atoms with Gasteiger partial charge in [0.15, 0.2) is 0 Å². The third kappa shape index (κ3) is 3.29. The Morgan fingerprint density at radius 1 is 1.11 bits per heavy atom. The predicted octanol–water partition coefficient (Wildman–Crippen LogP) is 4.76. The highest BCUT2D eigenvalue weighted by molar-refractivity contribution is 6.42. The van der Waals surface area contributed by atoms with Gasteiger partial charge in [-0.05, 0) is 41.5 Å². The summed E-state index contributed by atoms with van der Waals surface area (Å²) in [5.74, 6) is 0.153. The first-order valence-electron chi connectivity index (χ1n) is 5.46. The van der Waals surface area contributed by atoms with Crippen LogP contribution in [0.3, 0.4) is 0 Å². The van der Waals surface area contributed by atoms with Crippen LogP contribution in [-0.4, -0.2) is 5.11 Å². The number of aromatic hydroxyl groups is 1. The molecule has 0 saturated carbocycles. The van der Waals surface area contributed by atoms with Crippen molar-refractivity contribution < 1.29 is 5.11 Å². The summed E-state index contributed by atoms with van der Waals surface area (Å²) in [5, 5.41) is 19.5. The van der Waals surface area contributed by atoms with Gasteiger partial charge in [-0.3, -0.25) is 0 Å². The highest BCUT2D eigenvalue weighted by atomic mass is 35.5. The molecular weight excluding hydrogens is 281 g/mol. The minimum absolute atomic E-state index is 0.153. The summed E-state index contributed by atoms with van der Waals surface area (Å²) < 4.78 is 0. The second-order valence-corrected chi connectivity index (χ2v) is 4.71. The Kier molecular flexibility index (Phi) is 4.11. The number of phenolic OH excluding ortho intramolecular Hbond substituents is 1. The number of nitriles is 1. The lowest BCUT2D eigenvalue weighted by Crippen LogP contribution is -1.83. The van der Waals surface area contributed by atoms with Gasteiger partial charge in [0.25, 0.3) is 0 Å². The van der Waals surface area contributed by atoms with Crippen LogP contribution in [-0.2, 0) is 0 Å². The van der Waals surface area contributed by atoms with Gasteiger partial charge >= 0.3 is 0 Å². The van der Waals surface area contributed by atoms with Gasteiger partial charge in [-0.2, -0.15) is 5.26 Å². The Bertz CT molecular complexity index is 687. The van der Waals surface area contributed by atoms with Crippen LogP contribution in [0.15, 0.2) is 42.5 Å². The second kappa shape index (κ2) is 5.79. The molecule has 4 heteroatoms. The molecule has 0 bridgehead atoms. The van der Waals surface area contributed by atoms with Gasteiger partial charge in [-0.25, -0.2) is 0 Å². The van der Waals surface area contributed by atoms with Crippen LogP contribution >= 0.6 is 23.2 Å². The maximum atomic E-state index is 9.40. The molecule has 0 amide bonds. The van der Waals surface area contributed by atoms with E-state index in [0.29, 0.717) is 21.2 Å². The fraction of sp³-hybridized carbons (Fsp3) is 0. The van der Waals surface area contributed by atoms with Crippen LogP contribution in [0.2, 0.25) is 10.0 Å². The first-order chi connectivity index (χ1) is 9.10. The van der Waals surface area contributed by atoms with Crippen LogP contribution in [0.4, 0.5) is 0 Å². The molecule has 0 fully saturated rings. The van der Waals surface area contributed by atoms with Crippen LogP contribution in [0, 0.1) is 11.3 Å². The van der Waals surface area contributed by atoms with E-state index in [1.165, 1.54) is 0 Å². The van der Waals surface area contributed by atoms with Crippen molar-refractivity contribution in [2.24, 2.45) is 0 Å². The Balaban J connectivity index is 2.45. The fourth-order valence-electron chi connectivity index (χ4n) is 1.63. The smallest absolute Gasteiger partial charge is 0.116 e. The zero-order chi connectivity index (χ0) is 13.8. The zero-order valence-electron chi connectivity index (χ0n) is 9.77. The number of nitrogens with zero attached hydrogens (tertiary/aromatic N) is 1. The van der Waals surface area contributed by atoms with E-state index in [1.807, 2.05) is 0 Å². The molecule has 19 heavy (non-hydrogen) atoms. The molecule has 0 aliphatic heterocycles. The lowest BCUT2D eigenvalue weighted by Gasteiger charge is -2.02. The van der Waals surface area contributed by atoms with Crippen LogP contribution in [0.25, 0.3) is 11.6 Å². The van der Waals surface area contributed by atoms with E-state index in [2.05, 4.69) is 6.07 Å². The van der Waals surface area contributed by atoms with Crippen LogP contribution in [0.1, 0.15) is 11.1 Å². The molecule has 0 aromatic heterocycles. The third-order valence-electron chi connectivity index (χ3n) is 2.53. The zero-order valence-corrected chi connectivity index (χ0v) is 11.3. The molecule has 94 valence electrons. The van der Waals surface area contributed by atoms with Crippen LogP contribution in [0.5, 0.6) is 5.75 Å². The Labute approximate surface area is 121 Å². The number of allylic oxidation sites excluding steroid dienone is 1. The van der Waals surface area contributed by atoms with Gasteiger partial charge in [0.05, 0.1) is 21.7 Å². The van der Waals surface area contributed by atoms with Gasteiger partial charge < -0.3 is 5.11 Å². The molecule has 2 nitrogen and oxygen atoms in total. The number of phenols is 1. The van der Waals surface area contributed by atoms with Crippen molar-refractivity contribution in [2.75, 3.05) is 0 Å². The fourth-order valence-corrected chi connectivity index (χ4v) is 1.92. The van der Waals surface area contributed by atoms with Gasteiger partial charge in [-0.15, -0.1) is 0 Å². The summed E-state index contributed by atoms with van der Waals surface area (Å²) in [4.78, 5) is 0. The maximum Gasteiger partial charge on any atom is 0.116 e. The lowest BCUT2D eigenvalue weighted by atomic mass is 10.0. The van der Waals surface area contributed by atoms with E-state index in [1.54, 1.807) is 48.5 Å². The van der Waals surface area contributed by atoms with Gasteiger partial charge in [0.2, 0.25) is 0 Å². The van der Waals surface area contributed by atoms with E-state index in [9.17, 15) is 10.4 Å². The van der Waals surface area contributed by atoms with Crippen molar-refractivity contribution >= 4 is 34.9 Å². The third-order valence-corrected chi connectivity index (χ3v) is 3.27. The van der Waals surface area contributed by atoms with E-state index in [4.69, 9.17) is 23.2 Å².